The minimum absolute atomic E-state index is 0.0728. The number of nitrogens with one attached hydrogen (secondary N) is 1. The maximum atomic E-state index is 12.7. The van der Waals surface area contributed by atoms with E-state index in [0.717, 1.165) is 24.2 Å². The molecule has 1 amide bonds. The highest BCUT2D eigenvalue weighted by molar-refractivity contribution is 5.95. The largest absolute Gasteiger partial charge is 0.497 e. The zero-order valence-corrected chi connectivity index (χ0v) is 13.0. The third-order valence-corrected chi connectivity index (χ3v) is 4.51. The van der Waals surface area contributed by atoms with E-state index in [-0.39, 0.29) is 5.91 Å². The van der Waals surface area contributed by atoms with Gasteiger partial charge in [0, 0.05) is 47.2 Å². The number of para-hydroxylation sites is 1. The average molecular weight is 306 g/mol. The molecule has 0 aliphatic carbocycles. The molecule has 1 aliphatic rings. The first-order valence-electron chi connectivity index (χ1n) is 7.78. The molecule has 2 heterocycles. The first kappa shape index (κ1) is 13.9. The predicted octanol–water partition coefficient (Wildman–Crippen LogP) is 3.38. The highest BCUT2D eigenvalue weighted by Gasteiger charge is 2.24. The van der Waals surface area contributed by atoms with Crippen LogP contribution in [0.3, 0.4) is 0 Å². The van der Waals surface area contributed by atoms with E-state index in [1.165, 1.54) is 16.6 Å². The number of ether oxygens (including phenoxy) is 1. The molecule has 4 nitrogen and oxygen atoms in total. The number of methoxy groups -OCH3 is 1. The summed E-state index contributed by atoms with van der Waals surface area (Å²) in [6.45, 7) is 1.40. The summed E-state index contributed by atoms with van der Waals surface area (Å²) in [5.74, 6) is 0.836. The molecule has 1 aromatic heterocycles. The zero-order valence-electron chi connectivity index (χ0n) is 13.0. The third-order valence-electron chi connectivity index (χ3n) is 4.51. The molecule has 23 heavy (non-hydrogen) atoms. The van der Waals surface area contributed by atoms with Crippen LogP contribution in [-0.4, -0.2) is 29.4 Å². The Bertz CT molecular complexity index is 865. The fourth-order valence-corrected chi connectivity index (χ4v) is 3.26. The molecule has 3 aromatic rings. The molecule has 0 spiro atoms. The lowest BCUT2D eigenvalue weighted by atomic mass is 10.0. The Kier molecular flexibility index (Phi) is 3.30. The van der Waals surface area contributed by atoms with Gasteiger partial charge in [-0.2, -0.15) is 0 Å². The van der Waals surface area contributed by atoms with Crippen molar-refractivity contribution >= 4 is 16.8 Å². The maximum absolute atomic E-state index is 12.7. The van der Waals surface area contributed by atoms with Crippen molar-refractivity contribution in [2.75, 3.05) is 13.7 Å². The summed E-state index contributed by atoms with van der Waals surface area (Å²) in [6.07, 6.45) is 0.867. The molecule has 0 bridgehead atoms. The van der Waals surface area contributed by atoms with E-state index in [2.05, 4.69) is 17.1 Å². The van der Waals surface area contributed by atoms with Gasteiger partial charge in [0.1, 0.15) is 5.75 Å². The summed E-state index contributed by atoms with van der Waals surface area (Å²) in [6, 6.07) is 15.6. The lowest BCUT2D eigenvalue weighted by molar-refractivity contribution is 0.0735. The minimum Gasteiger partial charge on any atom is -0.497 e. The van der Waals surface area contributed by atoms with Crippen molar-refractivity contribution in [1.29, 1.82) is 0 Å². The van der Waals surface area contributed by atoms with Crippen LogP contribution in [0.1, 0.15) is 21.6 Å². The second-order valence-corrected chi connectivity index (χ2v) is 5.83. The van der Waals surface area contributed by atoms with E-state index < -0.39 is 0 Å². The normalized spacial score (nSPS) is 13.9. The van der Waals surface area contributed by atoms with Crippen molar-refractivity contribution in [2.45, 2.75) is 13.0 Å². The lowest BCUT2D eigenvalue weighted by Gasteiger charge is -2.27. The molecule has 0 atom stereocenters. The second-order valence-electron chi connectivity index (χ2n) is 5.83. The number of carbonyl (C=O) groups excluding carboxylic acids is 1. The molecule has 0 saturated heterocycles. The monoisotopic (exact) mass is 306 g/mol. The number of fused-ring (bicyclic) bond motifs is 3. The Morgan fingerprint density at radius 1 is 1.13 bits per heavy atom. The minimum atomic E-state index is 0.0728. The van der Waals surface area contributed by atoms with Gasteiger partial charge in [0.05, 0.1) is 7.11 Å². The lowest BCUT2D eigenvalue weighted by Crippen LogP contribution is -2.35. The molecule has 2 aromatic carbocycles. The van der Waals surface area contributed by atoms with Crippen molar-refractivity contribution in [3.63, 3.8) is 0 Å². The van der Waals surface area contributed by atoms with Crippen LogP contribution < -0.4 is 4.74 Å². The molecule has 116 valence electrons. The van der Waals surface area contributed by atoms with Crippen LogP contribution in [0.2, 0.25) is 0 Å². The Labute approximate surface area is 134 Å². The number of H-pyrrole nitrogens is 1. The van der Waals surface area contributed by atoms with Crippen molar-refractivity contribution in [2.24, 2.45) is 0 Å². The molecule has 0 radical (unpaired) electrons. The SMILES string of the molecule is COc1ccc(C(=O)N2CCc3[nH]c4ccccc4c3C2)cc1. The van der Waals surface area contributed by atoms with Crippen molar-refractivity contribution in [1.82, 2.24) is 9.88 Å². The molecular formula is C19H18N2O2. The van der Waals surface area contributed by atoms with Crippen LogP contribution in [0.25, 0.3) is 10.9 Å². The number of amides is 1. The molecule has 0 unspecified atom stereocenters. The smallest absolute Gasteiger partial charge is 0.254 e. The maximum Gasteiger partial charge on any atom is 0.254 e. The van der Waals surface area contributed by atoms with Gasteiger partial charge in [-0.15, -0.1) is 0 Å². The number of rotatable bonds is 2. The standard InChI is InChI=1S/C19H18N2O2/c1-23-14-8-6-13(7-9-14)19(22)21-11-10-18-16(12-21)15-4-2-3-5-17(15)20-18/h2-9,20H,10-12H2,1H3. The van der Waals surface area contributed by atoms with Gasteiger partial charge in [0.25, 0.3) is 5.91 Å². The van der Waals surface area contributed by atoms with Gasteiger partial charge >= 0.3 is 0 Å². The number of benzene rings is 2. The third kappa shape index (κ3) is 2.36. The molecule has 0 saturated carbocycles. The predicted molar refractivity (Wildman–Crippen MR) is 89.7 cm³/mol. The summed E-state index contributed by atoms with van der Waals surface area (Å²) < 4.78 is 5.15. The highest BCUT2D eigenvalue weighted by Crippen LogP contribution is 2.28. The summed E-state index contributed by atoms with van der Waals surface area (Å²) >= 11 is 0. The van der Waals surface area contributed by atoms with Crippen molar-refractivity contribution in [3.05, 3.63) is 65.4 Å². The fourth-order valence-electron chi connectivity index (χ4n) is 3.26. The van der Waals surface area contributed by atoms with Gasteiger partial charge in [-0.3, -0.25) is 4.79 Å². The Morgan fingerprint density at radius 2 is 1.91 bits per heavy atom. The van der Waals surface area contributed by atoms with E-state index >= 15 is 0 Å². The summed E-state index contributed by atoms with van der Waals surface area (Å²) in [5, 5.41) is 1.22. The van der Waals surface area contributed by atoms with Crippen LogP contribution in [0.5, 0.6) is 5.75 Å². The molecule has 1 aliphatic heterocycles. The number of aromatic amines is 1. The first-order valence-corrected chi connectivity index (χ1v) is 7.78. The van der Waals surface area contributed by atoms with Crippen LogP contribution in [-0.2, 0) is 13.0 Å². The van der Waals surface area contributed by atoms with Crippen LogP contribution in [0, 0.1) is 0 Å². The van der Waals surface area contributed by atoms with E-state index in [9.17, 15) is 4.79 Å². The average Bonchev–Trinajstić information content (AvgIpc) is 2.99. The zero-order chi connectivity index (χ0) is 15.8. The Balaban J connectivity index is 1.62. The number of aromatic nitrogens is 1. The highest BCUT2D eigenvalue weighted by atomic mass is 16.5. The van der Waals surface area contributed by atoms with Gasteiger partial charge in [-0.1, -0.05) is 18.2 Å². The summed E-state index contributed by atoms with van der Waals surface area (Å²) in [4.78, 5) is 18.1. The molecule has 4 rings (SSSR count). The van der Waals surface area contributed by atoms with Crippen molar-refractivity contribution < 1.29 is 9.53 Å². The van der Waals surface area contributed by atoms with Gasteiger partial charge < -0.3 is 14.6 Å². The summed E-state index contributed by atoms with van der Waals surface area (Å²) in [5.41, 5.74) is 4.35. The van der Waals surface area contributed by atoms with E-state index in [1.54, 1.807) is 7.11 Å². The van der Waals surface area contributed by atoms with Crippen LogP contribution in [0.15, 0.2) is 48.5 Å². The topological polar surface area (TPSA) is 45.3 Å². The number of nitrogens with zero attached hydrogens (tertiary/aromatic N) is 1. The van der Waals surface area contributed by atoms with E-state index in [1.807, 2.05) is 41.3 Å². The Hall–Kier alpha value is -2.75. The Morgan fingerprint density at radius 3 is 2.70 bits per heavy atom. The molecule has 0 fully saturated rings. The number of hydrogen-bond donors (Lipinski definition) is 1. The fraction of sp³-hybridized carbons (Fsp3) is 0.211. The van der Waals surface area contributed by atoms with Gasteiger partial charge in [0.15, 0.2) is 0 Å². The van der Waals surface area contributed by atoms with Crippen LogP contribution in [0.4, 0.5) is 0 Å². The molecular weight excluding hydrogens is 288 g/mol. The number of carbonyl (C=O) groups is 1. The van der Waals surface area contributed by atoms with Crippen LogP contribution >= 0.6 is 0 Å². The molecule has 4 heteroatoms. The first-order chi connectivity index (χ1) is 11.3. The number of hydrogen-bond acceptors (Lipinski definition) is 2. The van der Waals surface area contributed by atoms with Gasteiger partial charge in [-0.25, -0.2) is 0 Å². The van der Waals surface area contributed by atoms with E-state index in [4.69, 9.17) is 4.74 Å². The van der Waals surface area contributed by atoms with E-state index in [0.29, 0.717) is 12.1 Å². The quantitative estimate of drug-likeness (QED) is 0.789. The molecule has 1 N–H and O–H groups in total. The summed E-state index contributed by atoms with van der Waals surface area (Å²) in [7, 11) is 1.63. The van der Waals surface area contributed by atoms with Crippen molar-refractivity contribution in [3.8, 4) is 5.75 Å². The van der Waals surface area contributed by atoms with Gasteiger partial charge in [-0.05, 0) is 30.3 Å². The van der Waals surface area contributed by atoms with Gasteiger partial charge in [0.2, 0.25) is 0 Å². The second kappa shape index (κ2) is 5.47.